The summed E-state index contributed by atoms with van der Waals surface area (Å²) in [4.78, 5) is 14.7. The Balaban J connectivity index is 1.30. The zero-order valence-corrected chi connectivity index (χ0v) is 14.8. The summed E-state index contributed by atoms with van der Waals surface area (Å²) in [6, 6.07) is 2.02. The van der Waals surface area contributed by atoms with Gasteiger partial charge in [0.05, 0.1) is 19.6 Å². The van der Waals surface area contributed by atoms with Crippen LogP contribution in [0.15, 0.2) is 21.2 Å². The van der Waals surface area contributed by atoms with Crippen molar-refractivity contribution in [1.82, 2.24) is 15.1 Å². The minimum Gasteiger partial charge on any atom is -0.425 e. The van der Waals surface area contributed by atoms with Gasteiger partial charge in [0.1, 0.15) is 0 Å². The molecule has 0 bridgehead atoms. The van der Waals surface area contributed by atoms with Crippen molar-refractivity contribution in [3.05, 3.63) is 34.2 Å². The van der Waals surface area contributed by atoms with E-state index in [1.54, 1.807) is 11.3 Å². The number of carbonyl (C=O) groups excluding carboxylic acids is 1. The van der Waals surface area contributed by atoms with Crippen LogP contribution in [-0.2, 0) is 22.4 Å². The summed E-state index contributed by atoms with van der Waals surface area (Å²) >= 11 is 1.63. The molecule has 4 heterocycles. The van der Waals surface area contributed by atoms with Crippen LogP contribution in [0.25, 0.3) is 0 Å². The molecular formula is C18H21N3O3S. The van der Waals surface area contributed by atoms with Crippen LogP contribution in [0, 0.1) is 11.3 Å². The predicted molar refractivity (Wildman–Crippen MR) is 91.3 cm³/mol. The normalized spacial score (nSPS) is 28.5. The number of hydrogen-bond acceptors (Lipinski definition) is 6. The fourth-order valence-electron chi connectivity index (χ4n) is 4.09. The van der Waals surface area contributed by atoms with Gasteiger partial charge in [-0.3, -0.25) is 4.79 Å². The third kappa shape index (κ3) is 2.89. The summed E-state index contributed by atoms with van der Waals surface area (Å²) in [5.41, 5.74) is 1.03. The molecule has 2 aromatic rings. The molecule has 6 nitrogen and oxygen atoms in total. The molecule has 7 heteroatoms. The molecule has 1 saturated carbocycles. The van der Waals surface area contributed by atoms with Crippen LogP contribution in [0.4, 0.5) is 0 Å². The van der Waals surface area contributed by atoms with Gasteiger partial charge in [-0.1, -0.05) is 0 Å². The molecule has 3 fully saturated rings. The van der Waals surface area contributed by atoms with Crippen molar-refractivity contribution in [3.8, 4) is 0 Å². The second-order valence-electron chi connectivity index (χ2n) is 7.64. The van der Waals surface area contributed by atoms with E-state index in [1.165, 1.54) is 0 Å². The van der Waals surface area contributed by atoms with Crippen molar-refractivity contribution >= 4 is 17.2 Å². The standard InChI is InChI=1S/C18H21N3O3S/c22-16(5-12-3-4-25-9-12)21-7-14-8-23-11-18(14,10-21)6-15-19-20-17(24-15)13-1-2-13/h3-4,9,13-14H,1-2,5-8,10-11H2/t14-,18+/m0/s1. The second kappa shape index (κ2) is 5.92. The van der Waals surface area contributed by atoms with E-state index in [4.69, 9.17) is 9.15 Å². The summed E-state index contributed by atoms with van der Waals surface area (Å²) < 4.78 is 11.6. The third-order valence-corrected chi connectivity index (χ3v) is 6.45. The lowest BCUT2D eigenvalue weighted by atomic mass is 9.78. The molecule has 2 aliphatic heterocycles. The molecule has 0 N–H and O–H groups in total. The molecule has 0 aromatic carbocycles. The molecule has 132 valence electrons. The maximum absolute atomic E-state index is 12.7. The first-order valence-corrected chi connectivity index (χ1v) is 9.85. The van der Waals surface area contributed by atoms with E-state index < -0.39 is 0 Å². The number of nitrogens with zero attached hydrogens (tertiary/aromatic N) is 3. The minimum absolute atomic E-state index is 0.0718. The molecular weight excluding hydrogens is 338 g/mol. The highest BCUT2D eigenvalue weighted by Gasteiger charge is 2.52. The summed E-state index contributed by atoms with van der Waals surface area (Å²) in [5, 5.41) is 12.5. The topological polar surface area (TPSA) is 68.5 Å². The van der Waals surface area contributed by atoms with Crippen LogP contribution >= 0.6 is 11.3 Å². The zero-order valence-electron chi connectivity index (χ0n) is 14.0. The maximum atomic E-state index is 12.7. The average molecular weight is 359 g/mol. The molecule has 0 radical (unpaired) electrons. The van der Waals surface area contributed by atoms with Crippen molar-refractivity contribution in [3.63, 3.8) is 0 Å². The van der Waals surface area contributed by atoms with Crippen molar-refractivity contribution in [1.29, 1.82) is 0 Å². The van der Waals surface area contributed by atoms with Gasteiger partial charge in [0.2, 0.25) is 17.7 Å². The van der Waals surface area contributed by atoms with Gasteiger partial charge in [0.15, 0.2) is 0 Å². The lowest BCUT2D eigenvalue weighted by Gasteiger charge is -2.25. The number of rotatable bonds is 5. The largest absolute Gasteiger partial charge is 0.425 e. The molecule has 2 aromatic heterocycles. The van der Waals surface area contributed by atoms with E-state index in [0.717, 1.165) is 37.4 Å². The quantitative estimate of drug-likeness (QED) is 0.819. The highest BCUT2D eigenvalue weighted by Crippen LogP contribution is 2.45. The Morgan fingerprint density at radius 2 is 2.32 bits per heavy atom. The third-order valence-electron chi connectivity index (χ3n) is 5.72. The number of carbonyl (C=O) groups is 1. The van der Waals surface area contributed by atoms with Gasteiger partial charge in [-0.05, 0) is 35.2 Å². The van der Waals surface area contributed by atoms with Crippen LogP contribution in [0.5, 0.6) is 0 Å². The zero-order chi connectivity index (χ0) is 16.9. The van der Waals surface area contributed by atoms with Gasteiger partial charge < -0.3 is 14.1 Å². The Morgan fingerprint density at radius 3 is 3.12 bits per heavy atom. The van der Waals surface area contributed by atoms with Gasteiger partial charge in [-0.25, -0.2) is 0 Å². The average Bonchev–Trinajstić information content (AvgIpc) is 2.98. The van der Waals surface area contributed by atoms with Gasteiger partial charge in [-0.15, -0.1) is 10.2 Å². The summed E-state index contributed by atoms with van der Waals surface area (Å²) in [6.45, 7) is 2.88. The van der Waals surface area contributed by atoms with Crippen LogP contribution in [0.3, 0.4) is 0 Å². The summed E-state index contributed by atoms with van der Waals surface area (Å²) in [5.74, 6) is 2.52. The highest BCUT2D eigenvalue weighted by atomic mass is 32.1. The number of hydrogen-bond donors (Lipinski definition) is 0. The number of amides is 1. The van der Waals surface area contributed by atoms with Gasteiger partial charge in [-0.2, -0.15) is 11.3 Å². The Kier molecular flexibility index (Phi) is 3.67. The number of ether oxygens (including phenoxy) is 1. The SMILES string of the molecule is O=C(Cc1ccsc1)N1C[C@H]2COC[C@@]2(Cc2nnc(C3CC3)o2)C1. The van der Waals surface area contributed by atoms with Crippen molar-refractivity contribution in [2.75, 3.05) is 26.3 Å². The number of fused-ring (bicyclic) bond motifs is 1. The molecule has 2 atom stereocenters. The smallest absolute Gasteiger partial charge is 0.227 e. The Hall–Kier alpha value is -1.73. The molecule has 0 unspecified atom stereocenters. The number of likely N-dealkylation sites (tertiary alicyclic amines) is 1. The van der Waals surface area contributed by atoms with Gasteiger partial charge in [0, 0.05) is 36.8 Å². The maximum Gasteiger partial charge on any atom is 0.227 e. The van der Waals surface area contributed by atoms with Crippen molar-refractivity contribution in [2.45, 2.75) is 31.6 Å². The monoisotopic (exact) mass is 359 g/mol. The van der Waals surface area contributed by atoms with E-state index in [1.807, 2.05) is 21.7 Å². The molecule has 3 aliphatic rings. The first kappa shape index (κ1) is 15.5. The highest BCUT2D eigenvalue weighted by molar-refractivity contribution is 7.08. The first-order chi connectivity index (χ1) is 12.2. The number of thiophene rings is 1. The fraction of sp³-hybridized carbons (Fsp3) is 0.611. The molecule has 1 aliphatic carbocycles. The number of aromatic nitrogens is 2. The molecule has 0 spiro atoms. The molecule has 5 rings (SSSR count). The molecule has 2 saturated heterocycles. The lowest BCUT2D eigenvalue weighted by Crippen LogP contribution is -2.36. The second-order valence-corrected chi connectivity index (χ2v) is 8.42. The van der Waals surface area contributed by atoms with Crippen molar-refractivity contribution < 1.29 is 13.9 Å². The van der Waals surface area contributed by atoms with Gasteiger partial charge in [0.25, 0.3) is 0 Å². The van der Waals surface area contributed by atoms with E-state index >= 15 is 0 Å². The van der Waals surface area contributed by atoms with Crippen LogP contribution in [0.2, 0.25) is 0 Å². The van der Waals surface area contributed by atoms with E-state index in [-0.39, 0.29) is 11.3 Å². The summed E-state index contributed by atoms with van der Waals surface area (Å²) in [7, 11) is 0. The Morgan fingerprint density at radius 1 is 1.40 bits per heavy atom. The van der Waals surface area contributed by atoms with Crippen LogP contribution in [0.1, 0.15) is 36.1 Å². The fourth-order valence-corrected chi connectivity index (χ4v) is 4.75. The molecule has 1 amide bonds. The Labute approximate surface area is 150 Å². The van der Waals surface area contributed by atoms with Crippen LogP contribution in [-0.4, -0.2) is 47.3 Å². The predicted octanol–water partition coefficient (Wildman–Crippen LogP) is 2.27. The lowest BCUT2D eigenvalue weighted by molar-refractivity contribution is -0.130. The van der Waals surface area contributed by atoms with E-state index in [0.29, 0.717) is 43.8 Å². The molecule has 25 heavy (non-hydrogen) atoms. The summed E-state index contributed by atoms with van der Waals surface area (Å²) in [6.07, 6.45) is 3.51. The first-order valence-electron chi connectivity index (χ1n) is 8.91. The Bertz CT molecular complexity index is 770. The van der Waals surface area contributed by atoms with E-state index in [9.17, 15) is 4.79 Å². The van der Waals surface area contributed by atoms with Crippen LogP contribution < -0.4 is 0 Å². The van der Waals surface area contributed by atoms with Crippen molar-refractivity contribution in [2.24, 2.45) is 11.3 Å². The minimum atomic E-state index is -0.0718. The van der Waals surface area contributed by atoms with Gasteiger partial charge >= 0.3 is 0 Å². The van der Waals surface area contributed by atoms with E-state index in [2.05, 4.69) is 10.2 Å².